The van der Waals surface area contributed by atoms with Gasteiger partial charge in [-0.3, -0.25) is 20.2 Å². The Bertz CT molecular complexity index is 815. The Morgan fingerprint density at radius 2 is 1.88 bits per heavy atom. The normalized spacial score (nSPS) is 10.0. The monoisotopic (exact) mass is 399 g/mol. The number of amides is 1. The predicted octanol–water partition coefficient (Wildman–Crippen LogP) is 3.79. The third kappa shape index (κ3) is 5.86. The van der Waals surface area contributed by atoms with Crippen LogP contribution in [0.1, 0.15) is 0 Å². The lowest BCUT2D eigenvalue weighted by Crippen LogP contribution is -2.37. The van der Waals surface area contributed by atoms with E-state index in [4.69, 9.17) is 40.2 Å². The van der Waals surface area contributed by atoms with Crippen LogP contribution in [0.4, 0.5) is 11.4 Å². The molecule has 2 aromatic rings. The van der Waals surface area contributed by atoms with Crippen molar-refractivity contribution < 1.29 is 14.5 Å². The van der Waals surface area contributed by atoms with Crippen molar-refractivity contribution in [3.8, 4) is 5.75 Å². The number of nitrogens with zero attached hydrogens (tertiary/aromatic N) is 1. The van der Waals surface area contributed by atoms with Gasteiger partial charge >= 0.3 is 0 Å². The number of ether oxygens (including phenoxy) is 1. The number of carbonyl (C=O) groups excluding carboxylic acids is 1. The predicted molar refractivity (Wildman–Crippen MR) is 99.4 cm³/mol. The Morgan fingerprint density at radius 3 is 2.48 bits per heavy atom. The number of nitrogens with one attached hydrogen (secondary N) is 2. The van der Waals surface area contributed by atoms with Crippen LogP contribution in [0.3, 0.4) is 0 Å². The molecule has 0 heterocycles. The maximum atomic E-state index is 11.8. The van der Waals surface area contributed by atoms with Crippen LogP contribution < -0.4 is 15.4 Å². The van der Waals surface area contributed by atoms with Gasteiger partial charge in [0.15, 0.2) is 11.7 Å². The van der Waals surface area contributed by atoms with E-state index in [9.17, 15) is 14.9 Å². The summed E-state index contributed by atoms with van der Waals surface area (Å²) in [4.78, 5) is 21.9. The van der Waals surface area contributed by atoms with E-state index in [-0.39, 0.29) is 22.4 Å². The SMILES string of the molecule is O=C(COc1ccc(Cl)cc1Cl)NC(=S)Nc1ccc([N+](=O)[O-])cc1. The molecular formula is C15H11Cl2N3O4S. The molecule has 0 aromatic heterocycles. The maximum absolute atomic E-state index is 11.8. The van der Waals surface area contributed by atoms with E-state index in [1.165, 1.54) is 30.3 Å². The number of hydrogen-bond acceptors (Lipinski definition) is 5. The van der Waals surface area contributed by atoms with Crippen LogP contribution in [0.5, 0.6) is 5.75 Å². The molecule has 0 radical (unpaired) electrons. The molecular weight excluding hydrogens is 389 g/mol. The molecule has 0 aliphatic carbocycles. The van der Waals surface area contributed by atoms with Gasteiger partial charge < -0.3 is 10.1 Å². The Balaban J connectivity index is 1.83. The largest absolute Gasteiger partial charge is 0.482 e. The molecule has 0 fully saturated rings. The van der Waals surface area contributed by atoms with E-state index in [0.29, 0.717) is 16.5 Å². The van der Waals surface area contributed by atoms with Crippen LogP contribution in [0.25, 0.3) is 0 Å². The summed E-state index contributed by atoms with van der Waals surface area (Å²) in [6.45, 7) is -0.302. The summed E-state index contributed by atoms with van der Waals surface area (Å²) in [5, 5.41) is 16.5. The molecule has 0 aliphatic heterocycles. The van der Waals surface area contributed by atoms with E-state index >= 15 is 0 Å². The minimum Gasteiger partial charge on any atom is -0.482 e. The summed E-state index contributed by atoms with van der Waals surface area (Å²) in [5.74, 6) is -0.180. The average molecular weight is 400 g/mol. The molecule has 0 spiro atoms. The lowest BCUT2D eigenvalue weighted by molar-refractivity contribution is -0.384. The van der Waals surface area contributed by atoms with Gasteiger partial charge in [0.05, 0.1) is 9.95 Å². The highest BCUT2D eigenvalue weighted by molar-refractivity contribution is 7.80. The minimum atomic E-state index is -0.511. The number of halogens is 2. The highest BCUT2D eigenvalue weighted by Crippen LogP contribution is 2.27. The molecule has 2 aromatic carbocycles. The van der Waals surface area contributed by atoms with Gasteiger partial charge in [0.25, 0.3) is 11.6 Å². The molecule has 0 atom stereocenters. The molecule has 0 bridgehead atoms. The molecule has 0 aliphatic rings. The molecule has 130 valence electrons. The molecule has 0 saturated heterocycles. The molecule has 10 heteroatoms. The first kappa shape index (κ1) is 18.9. The van der Waals surface area contributed by atoms with Gasteiger partial charge in [0, 0.05) is 22.8 Å². The fraction of sp³-hybridized carbons (Fsp3) is 0.0667. The number of carbonyl (C=O) groups is 1. The number of non-ortho nitro benzene ring substituents is 1. The molecule has 25 heavy (non-hydrogen) atoms. The summed E-state index contributed by atoms with van der Waals surface area (Å²) in [7, 11) is 0. The first-order valence-corrected chi connectivity index (χ1v) is 7.94. The highest BCUT2D eigenvalue weighted by atomic mass is 35.5. The zero-order valence-electron chi connectivity index (χ0n) is 12.5. The van der Waals surface area contributed by atoms with E-state index in [0.717, 1.165) is 0 Å². The second kappa shape index (κ2) is 8.61. The van der Waals surface area contributed by atoms with Crippen LogP contribution >= 0.6 is 35.4 Å². The van der Waals surface area contributed by atoms with Gasteiger partial charge in [-0.1, -0.05) is 23.2 Å². The summed E-state index contributed by atoms with van der Waals surface area (Å²) < 4.78 is 5.28. The minimum absolute atomic E-state index is 0.0321. The van der Waals surface area contributed by atoms with Crippen molar-refractivity contribution in [2.24, 2.45) is 0 Å². The smallest absolute Gasteiger partial charge is 0.269 e. The van der Waals surface area contributed by atoms with Gasteiger partial charge in [0.1, 0.15) is 5.75 Å². The number of nitro groups is 1. The average Bonchev–Trinajstić information content (AvgIpc) is 2.54. The first-order valence-electron chi connectivity index (χ1n) is 6.78. The van der Waals surface area contributed by atoms with Crippen LogP contribution in [-0.2, 0) is 4.79 Å². The third-order valence-corrected chi connectivity index (χ3v) is 3.58. The van der Waals surface area contributed by atoms with Gasteiger partial charge in [-0.05, 0) is 42.5 Å². The van der Waals surface area contributed by atoms with Crippen molar-refractivity contribution in [2.45, 2.75) is 0 Å². The van der Waals surface area contributed by atoms with Crippen LogP contribution in [0, 0.1) is 10.1 Å². The summed E-state index contributed by atoms with van der Waals surface area (Å²) in [5.41, 5.74) is 0.450. The Morgan fingerprint density at radius 1 is 1.20 bits per heavy atom. The summed E-state index contributed by atoms with van der Waals surface area (Å²) >= 11 is 16.7. The number of thiocarbonyl (C=S) groups is 1. The number of hydrogen-bond donors (Lipinski definition) is 2. The highest BCUT2D eigenvalue weighted by Gasteiger charge is 2.09. The molecule has 0 saturated carbocycles. The van der Waals surface area contributed by atoms with E-state index in [1.54, 1.807) is 12.1 Å². The number of nitro benzene ring substituents is 1. The fourth-order valence-corrected chi connectivity index (χ4v) is 2.42. The standard InChI is InChI=1S/C15H11Cl2N3O4S/c16-9-1-6-13(12(17)7-9)24-8-14(21)19-15(25)18-10-2-4-11(5-3-10)20(22)23/h1-7H,8H2,(H2,18,19,21,25). The van der Waals surface area contributed by atoms with Crippen molar-refractivity contribution in [2.75, 3.05) is 11.9 Å². The van der Waals surface area contributed by atoms with E-state index in [1.807, 2.05) is 0 Å². The quantitative estimate of drug-likeness (QED) is 0.451. The topological polar surface area (TPSA) is 93.5 Å². The Kier molecular flexibility index (Phi) is 6.51. The Labute approximate surface area is 158 Å². The molecule has 1 amide bonds. The second-order valence-corrected chi connectivity index (χ2v) is 5.92. The number of benzene rings is 2. The van der Waals surface area contributed by atoms with Gasteiger partial charge in [-0.15, -0.1) is 0 Å². The van der Waals surface area contributed by atoms with Crippen LogP contribution in [0.15, 0.2) is 42.5 Å². The molecule has 7 nitrogen and oxygen atoms in total. The molecule has 2 rings (SSSR count). The number of anilines is 1. The van der Waals surface area contributed by atoms with E-state index in [2.05, 4.69) is 10.6 Å². The molecule has 2 N–H and O–H groups in total. The van der Waals surface area contributed by atoms with Gasteiger partial charge in [0.2, 0.25) is 0 Å². The van der Waals surface area contributed by atoms with Crippen LogP contribution in [0.2, 0.25) is 10.0 Å². The van der Waals surface area contributed by atoms with Gasteiger partial charge in [-0.2, -0.15) is 0 Å². The van der Waals surface area contributed by atoms with Crippen LogP contribution in [-0.4, -0.2) is 22.5 Å². The van der Waals surface area contributed by atoms with Crippen molar-refractivity contribution in [1.82, 2.24) is 5.32 Å². The lowest BCUT2D eigenvalue weighted by Gasteiger charge is -2.11. The van der Waals surface area contributed by atoms with Crippen molar-refractivity contribution >= 4 is 57.8 Å². The molecule has 0 unspecified atom stereocenters. The zero-order chi connectivity index (χ0) is 18.4. The maximum Gasteiger partial charge on any atom is 0.269 e. The lowest BCUT2D eigenvalue weighted by atomic mass is 10.3. The zero-order valence-corrected chi connectivity index (χ0v) is 14.8. The summed E-state index contributed by atoms with van der Waals surface area (Å²) in [6.07, 6.45) is 0. The second-order valence-electron chi connectivity index (χ2n) is 4.67. The first-order chi connectivity index (χ1) is 11.8. The fourth-order valence-electron chi connectivity index (χ4n) is 1.73. The Hall–Kier alpha value is -2.42. The van der Waals surface area contributed by atoms with Crippen molar-refractivity contribution in [3.05, 3.63) is 62.6 Å². The third-order valence-electron chi connectivity index (χ3n) is 2.84. The van der Waals surface area contributed by atoms with Crippen molar-refractivity contribution in [3.63, 3.8) is 0 Å². The van der Waals surface area contributed by atoms with Gasteiger partial charge in [-0.25, -0.2) is 0 Å². The van der Waals surface area contributed by atoms with Crippen molar-refractivity contribution in [1.29, 1.82) is 0 Å². The summed E-state index contributed by atoms with van der Waals surface area (Å²) in [6, 6.07) is 10.2. The number of rotatable bonds is 5. The van der Waals surface area contributed by atoms with E-state index < -0.39 is 10.8 Å².